The van der Waals surface area contributed by atoms with E-state index >= 15 is 0 Å². The number of aromatic nitrogens is 1. The Morgan fingerprint density at radius 1 is 1.34 bits per heavy atom. The van der Waals surface area contributed by atoms with E-state index in [1.807, 2.05) is 37.3 Å². The number of aliphatic hydroxyl groups excluding tert-OH is 1. The van der Waals surface area contributed by atoms with Gasteiger partial charge in [-0.25, -0.2) is 4.98 Å². The Bertz CT molecular complexity index is 920. The van der Waals surface area contributed by atoms with E-state index in [2.05, 4.69) is 30.8 Å². The van der Waals surface area contributed by atoms with Crippen LogP contribution < -0.4 is 9.47 Å². The summed E-state index contributed by atoms with van der Waals surface area (Å²) in [6, 6.07) is 9.19. The van der Waals surface area contributed by atoms with E-state index in [1.165, 1.54) is 0 Å². The molecule has 32 heavy (non-hydrogen) atoms. The summed E-state index contributed by atoms with van der Waals surface area (Å²) in [6.07, 6.45) is 2.67. The Morgan fingerprint density at radius 3 is 2.81 bits per heavy atom. The van der Waals surface area contributed by atoms with E-state index < -0.39 is 0 Å². The van der Waals surface area contributed by atoms with Gasteiger partial charge in [-0.15, -0.1) is 0 Å². The van der Waals surface area contributed by atoms with Crippen molar-refractivity contribution >= 4 is 5.91 Å². The molecule has 3 rings (SSSR count). The molecule has 0 bridgehead atoms. The first-order valence-corrected chi connectivity index (χ1v) is 11.3. The third kappa shape index (κ3) is 5.40. The molecule has 0 aliphatic carbocycles. The molecule has 0 saturated heterocycles. The molecule has 2 aromatic rings. The Hall–Kier alpha value is -2.64. The van der Waals surface area contributed by atoms with E-state index in [1.54, 1.807) is 18.2 Å². The maximum absolute atomic E-state index is 13.5. The summed E-state index contributed by atoms with van der Waals surface area (Å²) in [4.78, 5) is 22.1. The Morgan fingerprint density at radius 2 is 2.12 bits per heavy atom. The lowest BCUT2D eigenvalue weighted by molar-refractivity contribution is 0.0331. The lowest BCUT2D eigenvalue weighted by Crippen LogP contribution is -2.50. The van der Waals surface area contributed by atoms with Crippen molar-refractivity contribution < 1.29 is 19.4 Å². The fraction of sp³-hybridized carbons (Fsp3) is 0.520. The van der Waals surface area contributed by atoms with Crippen molar-refractivity contribution in [3.63, 3.8) is 0 Å². The zero-order valence-corrected chi connectivity index (χ0v) is 19.7. The van der Waals surface area contributed by atoms with Gasteiger partial charge < -0.3 is 24.4 Å². The van der Waals surface area contributed by atoms with Crippen molar-refractivity contribution in [3.05, 3.63) is 42.1 Å². The van der Waals surface area contributed by atoms with Crippen LogP contribution in [0.4, 0.5) is 0 Å². The van der Waals surface area contributed by atoms with E-state index in [0.29, 0.717) is 18.0 Å². The number of likely N-dealkylation sites (N-methyl/N-ethyl adjacent to an activating group) is 1. The van der Waals surface area contributed by atoms with Crippen LogP contribution in [0, 0.1) is 5.92 Å². The second kappa shape index (κ2) is 10.8. The van der Waals surface area contributed by atoms with E-state index in [4.69, 9.17) is 9.47 Å². The number of pyridine rings is 1. The first-order chi connectivity index (χ1) is 15.4. The number of hydrogen-bond donors (Lipinski definition) is 1. The maximum atomic E-state index is 13.5. The molecule has 1 aromatic carbocycles. The van der Waals surface area contributed by atoms with Crippen molar-refractivity contribution in [1.29, 1.82) is 0 Å². The summed E-state index contributed by atoms with van der Waals surface area (Å²) in [7, 11) is 3.71. The summed E-state index contributed by atoms with van der Waals surface area (Å²) >= 11 is 0. The lowest BCUT2D eigenvalue weighted by Gasteiger charge is -2.37. The molecule has 0 spiro atoms. The number of nitrogens with zero attached hydrogens (tertiary/aromatic N) is 3. The summed E-state index contributed by atoms with van der Waals surface area (Å²) in [5, 5.41) is 9.81. The van der Waals surface area contributed by atoms with Crippen molar-refractivity contribution in [2.45, 2.75) is 39.3 Å². The largest absolute Gasteiger partial charge is 0.497 e. The number of fused-ring (bicyclic) bond motifs is 1. The van der Waals surface area contributed by atoms with Crippen molar-refractivity contribution in [2.24, 2.45) is 5.92 Å². The van der Waals surface area contributed by atoms with Gasteiger partial charge in [0.15, 0.2) is 0 Å². The quantitative estimate of drug-likeness (QED) is 0.677. The number of benzene rings is 1. The average Bonchev–Trinajstić information content (AvgIpc) is 2.80. The van der Waals surface area contributed by atoms with E-state index in [0.717, 1.165) is 36.4 Å². The number of methoxy groups -OCH3 is 1. The Kier molecular flexibility index (Phi) is 8.10. The normalized spacial score (nSPS) is 19.7. The highest BCUT2D eigenvalue weighted by atomic mass is 16.5. The second-order valence-corrected chi connectivity index (χ2v) is 8.69. The highest BCUT2D eigenvalue weighted by Gasteiger charge is 2.34. The molecule has 1 aromatic heterocycles. The van der Waals surface area contributed by atoms with Gasteiger partial charge in [0.25, 0.3) is 5.91 Å². The molecule has 0 unspecified atom stereocenters. The Balaban J connectivity index is 2.03. The van der Waals surface area contributed by atoms with Crippen LogP contribution >= 0.6 is 0 Å². The fourth-order valence-electron chi connectivity index (χ4n) is 4.06. The van der Waals surface area contributed by atoms with Gasteiger partial charge in [-0.2, -0.15) is 0 Å². The van der Waals surface area contributed by atoms with Crippen LogP contribution in [-0.2, 0) is 0 Å². The zero-order chi connectivity index (χ0) is 23.3. The number of rotatable bonds is 8. The Labute approximate surface area is 191 Å². The van der Waals surface area contributed by atoms with Crippen molar-refractivity contribution in [3.8, 4) is 22.8 Å². The van der Waals surface area contributed by atoms with Gasteiger partial charge in [-0.3, -0.25) is 4.79 Å². The van der Waals surface area contributed by atoms with Gasteiger partial charge in [0.05, 0.1) is 19.8 Å². The van der Waals surface area contributed by atoms with Crippen LogP contribution in [0.5, 0.6) is 11.6 Å². The van der Waals surface area contributed by atoms with Crippen molar-refractivity contribution in [1.82, 2.24) is 14.8 Å². The van der Waals surface area contributed by atoms with Gasteiger partial charge in [0.2, 0.25) is 5.88 Å². The maximum Gasteiger partial charge on any atom is 0.259 e. The molecule has 1 aliphatic rings. The van der Waals surface area contributed by atoms with Gasteiger partial charge in [0, 0.05) is 30.8 Å². The highest BCUT2D eigenvalue weighted by Crippen LogP contribution is 2.31. The van der Waals surface area contributed by atoms with Crippen LogP contribution in [0.25, 0.3) is 11.1 Å². The first kappa shape index (κ1) is 24.0. The molecule has 2 heterocycles. The minimum atomic E-state index is -0.301. The molecule has 0 radical (unpaired) electrons. The third-order valence-corrected chi connectivity index (χ3v) is 6.02. The standard InChI is InChI=1S/C25H35N3O4/c1-6-10-27(4)15-23-17(2)14-28(18(3)16-29)25(30)22-12-20(13-26-24(22)32-23)19-8-7-9-21(11-19)31-5/h7-9,11-13,17-18,23,29H,6,10,14-16H2,1-5H3/t17-,18+,23-/m0/s1. The summed E-state index contributed by atoms with van der Waals surface area (Å²) in [5.74, 6) is 0.990. The van der Waals surface area contributed by atoms with Crippen LogP contribution in [0.1, 0.15) is 37.6 Å². The van der Waals surface area contributed by atoms with Crippen LogP contribution in [0.15, 0.2) is 36.5 Å². The molecule has 3 atom stereocenters. The number of amides is 1. The minimum Gasteiger partial charge on any atom is -0.497 e. The summed E-state index contributed by atoms with van der Waals surface area (Å²) in [6.45, 7) is 8.22. The lowest BCUT2D eigenvalue weighted by atomic mass is 9.99. The smallest absolute Gasteiger partial charge is 0.259 e. The summed E-state index contributed by atoms with van der Waals surface area (Å²) in [5.41, 5.74) is 2.13. The van der Waals surface area contributed by atoms with Crippen LogP contribution in [0.2, 0.25) is 0 Å². The molecule has 0 saturated carbocycles. The third-order valence-electron chi connectivity index (χ3n) is 6.02. The molecule has 1 aliphatic heterocycles. The monoisotopic (exact) mass is 441 g/mol. The predicted molar refractivity (Wildman–Crippen MR) is 125 cm³/mol. The number of ether oxygens (including phenoxy) is 2. The molecule has 0 fully saturated rings. The van der Waals surface area contributed by atoms with Gasteiger partial charge in [-0.1, -0.05) is 26.0 Å². The molecule has 7 nitrogen and oxygen atoms in total. The van der Waals surface area contributed by atoms with Crippen LogP contribution in [-0.4, -0.2) is 78.3 Å². The molecule has 174 valence electrons. The molecule has 1 N–H and O–H groups in total. The zero-order valence-electron chi connectivity index (χ0n) is 19.7. The second-order valence-electron chi connectivity index (χ2n) is 8.69. The van der Waals surface area contributed by atoms with Gasteiger partial charge in [-0.05, 0) is 50.7 Å². The SMILES string of the molecule is CCCN(C)C[C@@H]1Oc2ncc(-c3cccc(OC)c3)cc2C(=O)N([C@H](C)CO)C[C@@H]1C. The molecule has 7 heteroatoms. The number of hydrogen-bond acceptors (Lipinski definition) is 6. The molecular weight excluding hydrogens is 406 g/mol. The van der Waals surface area contributed by atoms with Gasteiger partial charge >= 0.3 is 0 Å². The van der Waals surface area contributed by atoms with E-state index in [-0.39, 0.29) is 30.6 Å². The molecular formula is C25H35N3O4. The van der Waals surface area contributed by atoms with Crippen LogP contribution in [0.3, 0.4) is 0 Å². The molecule has 1 amide bonds. The topological polar surface area (TPSA) is 75.1 Å². The number of carbonyl (C=O) groups excluding carboxylic acids is 1. The summed E-state index contributed by atoms with van der Waals surface area (Å²) < 4.78 is 11.7. The van der Waals surface area contributed by atoms with Crippen molar-refractivity contribution in [2.75, 3.05) is 40.4 Å². The predicted octanol–water partition coefficient (Wildman–Crippen LogP) is 3.32. The number of aliphatic hydroxyl groups is 1. The fourth-order valence-corrected chi connectivity index (χ4v) is 4.06. The van der Waals surface area contributed by atoms with E-state index in [9.17, 15) is 9.90 Å². The minimum absolute atomic E-state index is 0.0836. The number of carbonyl (C=O) groups is 1. The first-order valence-electron chi connectivity index (χ1n) is 11.3. The van der Waals surface area contributed by atoms with Gasteiger partial charge in [0.1, 0.15) is 17.4 Å². The highest BCUT2D eigenvalue weighted by molar-refractivity contribution is 5.98. The average molecular weight is 442 g/mol.